The van der Waals surface area contributed by atoms with Crippen LogP contribution in [0.2, 0.25) is 5.28 Å². The molecule has 5 nitrogen and oxygen atoms in total. The number of carbonyl (C=O) groups is 1. The molecule has 0 aliphatic heterocycles. The Balaban J connectivity index is 2.43. The normalized spacial score (nSPS) is 10.6. The molecule has 0 radical (unpaired) electrons. The number of ketones is 1. The van der Waals surface area contributed by atoms with Crippen LogP contribution in [-0.2, 0) is 4.79 Å². The molecule has 18 heavy (non-hydrogen) atoms. The Morgan fingerprint density at radius 1 is 1.44 bits per heavy atom. The molecule has 0 aliphatic rings. The number of fused-ring (bicyclic) bond motifs is 1. The smallest absolute Gasteiger partial charge is 0.224 e. The summed E-state index contributed by atoms with van der Waals surface area (Å²) in [6.45, 7) is 1.43. The van der Waals surface area contributed by atoms with Crippen LogP contribution in [0.25, 0.3) is 10.9 Å². The largest absolute Gasteiger partial charge is 0.389 e. The average molecular weight is 266 g/mol. The van der Waals surface area contributed by atoms with Gasteiger partial charge in [0.15, 0.2) is 5.78 Å². The number of nitrogens with zero attached hydrogens (tertiary/aromatic N) is 2. The number of aromatic nitrogens is 2. The first kappa shape index (κ1) is 12.7. The van der Waals surface area contributed by atoms with Crippen molar-refractivity contribution in [3.8, 4) is 0 Å². The molecule has 0 amide bonds. The lowest BCUT2D eigenvalue weighted by Gasteiger charge is -2.09. The molecule has 2 N–H and O–H groups in total. The maximum atomic E-state index is 11.1. The molecule has 2 aromatic rings. The lowest BCUT2D eigenvalue weighted by Crippen LogP contribution is -2.17. The lowest BCUT2D eigenvalue weighted by molar-refractivity contribution is -0.120. The Labute approximate surface area is 109 Å². The Kier molecular flexibility index (Phi) is 3.74. The fourth-order valence-corrected chi connectivity index (χ4v) is 1.81. The maximum absolute atomic E-state index is 11.1. The molecule has 2 rings (SSSR count). The van der Waals surface area contributed by atoms with Crippen LogP contribution >= 0.6 is 11.6 Å². The van der Waals surface area contributed by atoms with Gasteiger partial charge < -0.3 is 10.4 Å². The van der Waals surface area contributed by atoms with Crippen molar-refractivity contribution in [1.82, 2.24) is 9.97 Å². The van der Waals surface area contributed by atoms with Crippen LogP contribution in [-0.4, -0.2) is 34.0 Å². The van der Waals surface area contributed by atoms with Gasteiger partial charge in [-0.15, -0.1) is 0 Å². The quantitative estimate of drug-likeness (QED) is 0.821. The third-order valence-electron chi connectivity index (χ3n) is 2.53. The summed E-state index contributed by atoms with van der Waals surface area (Å²) < 4.78 is 0. The molecule has 0 aliphatic carbocycles. The number of anilines is 1. The highest BCUT2D eigenvalue weighted by atomic mass is 35.5. The van der Waals surface area contributed by atoms with E-state index in [0.717, 1.165) is 16.5 Å². The Bertz CT molecular complexity index is 601. The highest BCUT2D eigenvalue weighted by Gasteiger charge is 2.09. The van der Waals surface area contributed by atoms with Crippen molar-refractivity contribution in [2.75, 3.05) is 18.5 Å². The molecular weight excluding hydrogens is 254 g/mol. The maximum Gasteiger partial charge on any atom is 0.224 e. The Morgan fingerprint density at radius 3 is 2.94 bits per heavy atom. The lowest BCUT2D eigenvalue weighted by atomic mass is 10.1. The molecule has 6 heteroatoms. The van der Waals surface area contributed by atoms with Crippen LogP contribution in [0.3, 0.4) is 0 Å². The second kappa shape index (κ2) is 5.29. The molecule has 1 aromatic heterocycles. The number of carbonyl (C=O) groups excluding carboxylic acids is 1. The number of aryl methyl sites for hydroxylation is 1. The van der Waals surface area contributed by atoms with Crippen molar-refractivity contribution in [2.24, 2.45) is 0 Å². The van der Waals surface area contributed by atoms with Crippen LogP contribution in [0.5, 0.6) is 0 Å². The summed E-state index contributed by atoms with van der Waals surface area (Å²) in [5, 5.41) is 12.5. The first-order valence-corrected chi connectivity index (χ1v) is 5.79. The van der Waals surface area contributed by atoms with Gasteiger partial charge in [0, 0.05) is 5.39 Å². The van der Waals surface area contributed by atoms with E-state index in [2.05, 4.69) is 15.3 Å². The Hall–Kier alpha value is -1.72. The molecule has 0 bridgehead atoms. The average Bonchev–Trinajstić information content (AvgIpc) is 2.36. The predicted molar refractivity (Wildman–Crippen MR) is 69.9 cm³/mol. The van der Waals surface area contributed by atoms with Gasteiger partial charge in [0.2, 0.25) is 5.28 Å². The van der Waals surface area contributed by atoms with E-state index in [1.165, 1.54) is 0 Å². The summed E-state index contributed by atoms with van der Waals surface area (Å²) in [6.07, 6.45) is 0. The number of hydrogen-bond acceptors (Lipinski definition) is 5. The molecule has 0 atom stereocenters. The first-order chi connectivity index (χ1) is 8.61. The number of para-hydroxylation sites is 1. The molecule has 94 valence electrons. The van der Waals surface area contributed by atoms with Gasteiger partial charge in [0.25, 0.3) is 0 Å². The van der Waals surface area contributed by atoms with E-state index in [9.17, 15) is 4.79 Å². The van der Waals surface area contributed by atoms with E-state index < -0.39 is 6.61 Å². The van der Waals surface area contributed by atoms with Crippen molar-refractivity contribution < 1.29 is 9.90 Å². The van der Waals surface area contributed by atoms with Gasteiger partial charge in [-0.05, 0) is 30.2 Å². The van der Waals surface area contributed by atoms with Gasteiger partial charge in [-0.25, -0.2) is 9.97 Å². The first-order valence-electron chi connectivity index (χ1n) is 5.41. The third-order valence-corrected chi connectivity index (χ3v) is 2.70. The minimum atomic E-state index is -0.497. The summed E-state index contributed by atoms with van der Waals surface area (Å²) in [5.74, 6) is 0.182. The van der Waals surface area contributed by atoms with E-state index in [1.807, 2.05) is 25.1 Å². The SMILES string of the molecule is Cc1cccc2c(NCC(=O)CO)nc(Cl)nc12. The number of halogens is 1. The van der Waals surface area contributed by atoms with Crippen molar-refractivity contribution in [3.05, 3.63) is 29.0 Å². The molecule has 0 saturated carbocycles. The van der Waals surface area contributed by atoms with E-state index >= 15 is 0 Å². The molecule has 0 fully saturated rings. The van der Waals surface area contributed by atoms with Crippen LogP contribution in [0, 0.1) is 6.92 Å². The van der Waals surface area contributed by atoms with E-state index in [0.29, 0.717) is 5.82 Å². The molecule has 1 heterocycles. The van der Waals surface area contributed by atoms with Gasteiger partial charge in [-0.3, -0.25) is 4.79 Å². The molecule has 0 unspecified atom stereocenters. The molecule has 0 spiro atoms. The van der Waals surface area contributed by atoms with Gasteiger partial charge in [0.05, 0.1) is 12.1 Å². The molecular formula is C12H12ClN3O2. The summed E-state index contributed by atoms with van der Waals surface area (Å²) >= 11 is 5.85. The second-order valence-electron chi connectivity index (χ2n) is 3.86. The standard InChI is InChI=1S/C12H12ClN3O2/c1-7-3-2-4-9-10(7)15-12(13)16-11(9)14-5-8(18)6-17/h2-4,17H,5-6H2,1H3,(H,14,15,16). The number of benzene rings is 1. The number of hydrogen-bond donors (Lipinski definition) is 2. The zero-order valence-electron chi connectivity index (χ0n) is 9.77. The van der Waals surface area contributed by atoms with Crippen molar-refractivity contribution in [3.63, 3.8) is 0 Å². The van der Waals surface area contributed by atoms with E-state index in [-0.39, 0.29) is 17.6 Å². The van der Waals surface area contributed by atoms with Crippen molar-refractivity contribution in [1.29, 1.82) is 0 Å². The third kappa shape index (κ3) is 2.57. The fourth-order valence-electron chi connectivity index (χ4n) is 1.64. The summed E-state index contributed by atoms with van der Waals surface area (Å²) in [6, 6.07) is 5.66. The van der Waals surface area contributed by atoms with E-state index in [1.54, 1.807) is 0 Å². The van der Waals surface area contributed by atoms with Gasteiger partial charge >= 0.3 is 0 Å². The highest BCUT2D eigenvalue weighted by Crippen LogP contribution is 2.24. The highest BCUT2D eigenvalue weighted by molar-refractivity contribution is 6.28. The van der Waals surface area contributed by atoms with Crippen LogP contribution in [0.1, 0.15) is 5.56 Å². The topological polar surface area (TPSA) is 75.1 Å². The fraction of sp³-hybridized carbons (Fsp3) is 0.250. The van der Waals surface area contributed by atoms with Gasteiger partial charge in [-0.1, -0.05) is 12.1 Å². The van der Waals surface area contributed by atoms with Crippen molar-refractivity contribution >= 4 is 34.1 Å². The van der Waals surface area contributed by atoms with Gasteiger partial charge in [-0.2, -0.15) is 0 Å². The minimum absolute atomic E-state index is 0.00683. The number of aliphatic hydroxyl groups excluding tert-OH is 1. The number of rotatable bonds is 4. The monoisotopic (exact) mass is 265 g/mol. The summed E-state index contributed by atoms with van der Waals surface area (Å²) in [5.41, 5.74) is 1.73. The second-order valence-corrected chi connectivity index (χ2v) is 4.20. The summed E-state index contributed by atoms with van der Waals surface area (Å²) in [7, 11) is 0. The number of Topliss-reactive ketones (excluding diaryl/α,β-unsaturated/α-hetero) is 1. The van der Waals surface area contributed by atoms with Crippen LogP contribution in [0.15, 0.2) is 18.2 Å². The van der Waals surface area contributed by atoms with Crippen molar-refractivity contribution in [2.45, 2.75) is 6.92 Å². The zero-order chi connectivity index (χ0) is 13.1. The number of aliphatic hydroxyl groups is 1. The van der Waals surface area contributed by atoms with Crippen LogP contribution < -0.4 is 5.32 Å². The minimum Gasteiger partial charge on any atom is -0.389 e. The summed E-state index contributed by atoms with van der Waals surface area (Å²) in [4.78, 5) is 19.3. The van der Waals surface area contributed by atoms with Crippen LogP contribution in [0.4, 0.5) is 5.82 Å². The Morgan fingerprint density at radius 2 is 2.22 bits per heavy atom. The van der Waals surface area contributed by atoms with E-state index in [4.69, 9.17) is 16.7 Å². The number of nitrogens with one attached hydrogen (secondary N) is 1. The molecule has 0 saturated heterocycles. The molecule has 1 aromatic carbocycles. The predicted octanol–water partition coefficient (Wildman–Crippen LogP) is 1.56. The van der Waals surface area contributed by atoms with Gasteiger partial charge in [0.1, 0.15) is 12.4 Å². The zero-order valence-corrected chi connectivity index (χ0v) is 10.5.